The molecule has 4 heteroatoms. The first-order valence-electron chi connectivity index (χ1n) is 6.01. The molecule has 4 nitrogen and oxygen atoms in total. The van der Waals surface area contributed by atoms with Gasteiger partial charge in [0, 0.05) is 11.9 Å². The van der Waals surface area contributed by atoms with E-state index in [2.05, 4.69) is 4.85 Å². The van der Waals surface area contributed by atoms with Gasteiger partial charge in [0.05, 0.1) is 17.7 Å². The number of aromatic carboxylic acids is 1. The number of hydrogen-bond donors (Lipinski definition) is 1. The standard InChI is InChI=1S/C16H10N2O2/c1-17-13-5-6-15-11(9-13)7-8-18(15)14-4-2-3-12(10-14)16(19)20/h2-10H,(H,19,20). The molecule has 0 aliphatic carbocycles. The average molecular weight is 262 g/mol. The van der Waals surface area contributed by atoms with Crippen molar-refractivity contribution < 1.29 is 9.90 Å². The van der Waals surface area contributed by atoms with Crippen molar-refractivity contribution in [1.29, 1.82) is 0 Å². The molecule has 1 heterocycles. The van der Waals surface area contributed by atoms with Crippen molar-refractivity contribution >= 4 is 22.6 Å². The summed E-state index contributed by atoms with van der Waals surface area (Å²) in [5, 5.41) is 10.0. The Bertz CT molecular complexity index is 856. The van der Waals surface area contributed by atoms with Crippen LogP contribution in [0.15, 0.2) is 54.7 Å². The van der Waals surface area contributed by atoms with Gasteiger partial charge in [0.15, 0.2) is 5.69 Å². The van der Waals surface area contributed by atoms with Crippen molar-refractivity contribution in [1.82, 2.24) is 4.57 Å². The van der Waals surface area contributed by atoms with Gasteiger partial charge in [-0.1, -0.05) is 12.1 Å². The summed E-state index contributed by atoms with van der Waals surface area (Å²) in [6.07, 6.45) is 1.87. The van der Waals surface area contributed by atoms with E-state index < -0.39 is 5.97 Å². The number of fused-ring (bicyclic) bond motifs is 1. The third-order valence-electron chi connectivity index (χ3n) is 3.17. The second kappa shape index (κ2) is 4.56. The molecule has 0 atom stereocenters. The van der Waals surface area contributed by atoms with Crippen LogP contribution >= 0.6 is 0 Å². The predicted octanol–water partition coefficient (Wildman–Crippen LogP) is 3.88. The lowest BCUT2D eigenvalue weighted by Gasteiger charge is -2.06. The second-order valence-electron chi connectivity index (χ2n) is 4.40. The summed E-state index contributed by atoms with van der Waals surface area (Å²) in [7, 11) is 0. The Balaban J connectivity index is 2.18. The second-order valence-corrected chi connectivity index (χ2v) is 4.40. The lowest BCUT2D eigenvalue weighted by Crippen LogP contribution is -1.98. The van der Waals surface area contributed by atoms with Crippen molar-refractivity contribution in [2.75, 3.05) is 0 Å². The summed E-state index contributed by atoms with van der Waals surface area (Å²) in [5.41, 5.74) is 2.58. The molecule has 0 saturated carbocycles. The van der Waals surface area contributed by atoms with Crippen molar-refractivity contribution in [2.24, 2.45) is 0 Å². The highest BCUT2D eigenvalue weighted by molar-refractivity contribution is 5.89. The van der Waals surface area contributed by atoms with Gasteiger partial charge >= 0.3 is 5.97 Å². The topological polar surface area (TPSA) is 46.6 Å². The van der Waals surface area contributed by atoms with Crippen LogP contribution in [-0.2, 0) is 0 Å². The first-order chi connectivity index (χ1) is 9.69. The fourth-order valence-corrected chi connectivity index (χ4v) is 2.21. The predicted molar refractivity (Wildman–Crippen MR) is 76.5 cm³/mol. The van der Waals surface area contributed by atoms with Crippen LogP contribution in [-0.4, -0.2) is 15.6 Å². The van der Waals surface area contributed by atoms with Gasteiger partial charge in [-0.2, -0.15) is 0 Å². The first kappa shape index (κ1) is 12.0. The van der Waals surface area contributed by atoms with E-state index in [0.29, 0.717) is 5.69 Å². The number of carboxylic acid groups (broad SMARTS) is 1. The Kier molecular flexibility index (Phi) is 2.73. The molecule has 96 valence electrons. The zero-order valence-corrected chi connectivity index (χ0v) is 10.4. The van der Waals surface area contributed by atoms with Crippen molar-refractivity contribution in [2.45, 2.75) is 0 Å². The lowest BCUT2D eigenvalue weighted by atomic mass is 10.2. The fourth-order valence-electron chi connectivity index (χ4n) is 2.21. The van der Waals surface area contributed by atoms with Gasteiger partial charge in [0.2, 0.25) is 0 Å². The average Bonchev–Trinajstić information content (AvgIpc) is 2.90. The monoisotopic (exact) mass is 262 g/mol. The number of rotatable bonds is 2. The van der Waals surface area contributed by atoms with E-state index in [1.165, 1.54) is 0 Å². The zero-order valence-electron chi connectivity index (χ0n) is 10.4. The molecule has 0 spiro atoms. The van der Waals surface area contributed by atoms with Gasteiger partial charge in [-0.3, -0.25) is 0 Å². The van der Waals surface area contributed by atoms with E-state index in [1.54, 1.807) is 24.3 Å². The Morgan fingerprint density at radius 2 is 2.00 bits per heavy atom. The molecule has 0 radical (unpaired) electrons. The van der Waals surface area contributed by atoms with Gasteiger partial charge in [0.1, 0.15) is 0 Å². The van der Waals surface area contributed by atoms with Crippen LogP contribution in [0.2, 0.25) is 0 Å². The van der Waals surface area contributed by atoms with Crippen molar-refractivity contribution in [3.05, 3.63) is 71.7 Å². The van der Waals surface area contributed by atoms with Crippen LogP contribution in [0.1, 0.15) is 10.4 Å². The minimum absolute atomic E-state index is 0.252. The molecule has 0 fully saturated rings. The number of hydrogen-bond acceptors (Lipinski definition) is 1. The zero-order chi connectivity index (χ0) is 14.1. The molecule has 0 unspecified atom stereocenters. The molecule has 3 rings (SSSR count). The SMILES string of the molecule is [C-]#[N+]c1ccc2c(ccn2-c2cccc(C(=O)O)c2)c1. The van der Waals surface area contributed by atoms with Crippen LogP contribution in [0.25, 0.3) is 21.4 Å². The Morgan fingerprint density at radius 1 is 1.15 bits per heavy atom. The Labute approximate surface area is 115 Å². The molecule has 1 aromatic heterocycles. The summed E-state index contributed by atoms with van der Waals surface area (Å²) in [6, 6.07) is 14.1. The van der Waals surface area contributed by atoms with E-state index >= 15 is 0 Å². The van der Waals surface area contributed by atoms with Crippen LogP contribution in [0.3, 0.4) is 0 Å². The maximum absolute atomic E-state index is 11.0. The minimum atomic E-state index is -0.946. The van der Waals surface area contributed by atoms with Crippen molar-refractivity contribution in [3.63, 3.8) is 0 Å². The van der Waals surface area contributed by atoms with Crippen LogP contribution in [0, 0.1) is 6.57 Å². The normalized spacial score (nSPS) is 10.3. The number of nitrogens with zero attached hydrogens (tertiary/aromatic N) is 2. The highest BCUT2D eigenvalue weighted by Crippen LogP contribution is 2.25. The van der Waals surface area contributed by atoms with E-state index in [4.69, 9.17) is 11.7 Å². The van der Waals surface area contributed by atoms with Gasteiger partial charge in [-0.25, -0.2) is 9.64 Å². The molecule has 0 bridgehead atoms. The van der Waals surface area contributed by atoms with Gasteiger partial charge < -0.3 is 9.67 Å². The van der Waals surface area contributed by atoms with Gasteiger partial charge in [0.25, 0.3) is 0 Å². The quantitative estimate of drug-likeness (QED) is 0.712. The number of carboxylic acids is 1. The largest absolute Gasteiger partial charge is 0.478 e. The van der Waals surface area contributed by atoms with E-state index in [-0.39, 0.29) is 5.56 Å². The summed E-state index contributed by atoms with van der Waals surface area (Å²) in [6.45, 7) is 7.02. The van der Waals surface area contributed by atoms with Crippen LogP contribution < -0.4 is 0 Å². The van der Waals surface area contributed by atoms with E-state index in [9.17, 15) is 4.79 Å². The molecule has 2 aromatic carbocycles. The molecule has 3 aromatic rings. The van der Waals surface area contributed by atoms with Crippen LogP contribution in [0.4, 0.5) is 5.69 Å². The third kappa shape index (κ3) is 1.91. The molecule has 0 aliphatic rings. The minimum Gasteiger partial charge on any atom is -0.478 e. The number of benzene rings is 2. The smallest absolute Gasteiger partial charge is 0.335 e. The number of aromatic nitrogens is 1. The number of carbonyl (C=O) groups is 1. The lowest BCUT2D eigenvalue weighted by molar-refractivity contribution is 0.0697. The Morgan fingerprint density at radius 3 is 2.75 bits per heavy atom. The maximum Gasteiger partial charge on any atom is 0.335 e. The molecular formula is C16H10N2O2. The van der Waals surface area contributed by atoms with E-state index in [1.807, 2.05) is 35.0 Å². The Hall–Kier alpha value is -3.06. The van der Waals surface area contributed by atoms with Gasteiger partial charge in [-0.05, 0) is 41.8 Å². The molecule has 0 amide bonds. The summed E-state index contributed by atoms with van der Waals surface area (Å²) < 4.78 is 1.91. The third-order valence-corrected chi connectivity index (χ3v) is 3.17. The fraction of sp³-hybridized carbons (Fsp3) is 0. The highest BCUT2D eigenvalue weighted by atomic mass is 16.4. The molecular weight excluding hydrogens is 252 g/mol. The summed E-state index contributed by atoms with van der Waals surface area (Å²) in [5.74, 6) is -0.946. The molecule has 20 heavy (non-hydrogen) atoms. The highest BCUT2D eigenvalue weighted by Gasteiger charge is 2.07. The first-order valence-corrected chi connectivity index (χ1v) is 6.01. The van der Waals surface area contributed by atoms with Crippen LogP contribution in [0.5, 0.6) is 0 Å². The summed E-state index contributed by atoms with van der Waals surface area (Å²) in [4.78, 5) is 14.4. The van der Waals surface area contributed by atoms with E-state index in [0.717, 1.165) is 16.6 Å². The molecule has 1 N–H and O–H groups in total. The molecule has 0 aliphatic heterocycles. The maximum atomic E-state index is 11.0. The molecule has 0 saturated heterocycles. The van der Waals surface area contributed by atoms with Crippen molar-refractivity contribution in [3.8, 4) is 5.69 Å². The van der Waals surface area contributed by atoms with Gasteiger partial charge in [-0.15, -0.1) is 0 Å². The summed E-state index contributed by atoms with van der Waals surface area (Å²) >= 11 is 0.